The minimum Gasteiger partial charge on any atom is -0.297 e. The Labute approximate surface area is 110 Å². The quantitative estimate of drug-likeness (QED) is 0.710. The molecule has 86 valence electrons. The molecule has 0 N–H and O–H groups in total. The lowest BCUT2D eigenvalue weighted by Crippen LogP contribution is -2.19. The lowest BCUT2D eigenvalue weighted by atomic mass is 10.2. The summed E-state index contributed by atoms with van der Waals surface area (Å²) in [6.45, 7) is 9.34. The van der Waals surface area contributed by atoms with E-state index in [9.17, 15) is 0 Å². The number of hydrogen-bond donors (Lipinski definition) is 0. The summed E-state index contributed by atoms with van der Waals surface area (Å²) in [7, 11) is 2.11. The molecule has 0 aliphatic rings. The van der Waals surface area contributed by atoms with E-state index >= 15 is 0 Å². The van der Waals surface area contributed by atoms with Crippen LogP contribution in [0.25, 0.3) is 0 Å². The number of thiophene rings is 1. The third-order valence-corrected chi connectivity index (χ3v) is 3.71. The molecule has 0 spiro atoms. The van der Waals surface area contributed by atoms with Crippen LogP contribution in [0.1, 0.15) is 4.88 Å². The van der Waals surface area contributed by atoms with Crippen LogP contribution < -0.4 is 0 Å². The Morgan fingerprint density at radius 3 is 2.75 bits per heavy atom. The zero-order chi connectivity index (χ0) is 12.0. The maximum atomic E-state index is 3.80. The highest BCUT2D eigenvalue weighted by Crippen LogP contribution is 2.23. The number of nitrogens with zero attached hydrogens (tertiary/aromatic N) is 1. The first-order valence-electron chi connectivity index (χ1n) is 5.02. The van der Waals surface area contributed by atoms with Crippen molar-refractivity contribution in [1.29, 1.82) is 0 Å². The third kappa shape index (κ3) is 4.47. The average Bonchev–Trinajstić information content (AvgIpc) is 2.63. The fourth-order valence-electron chi connectivity index (χ4n) is 1.41. The van der Waals surface area contributed by atoms with Gasteiger partial charge in [0.1, 0.15) is 0 Å². The van der Waals surface area contributed by atoms with E-state index < -0.39 is 0 Å². The molecule has 1 heterocycles. The molecule has 1 aromatic rings. The molecule has 0 radical (unpaired) electrons. The molecule has 1 nitrogen and oxygen atoms in total. The van der Waals surface area contributed by atoms with Crippen LogP contribution in [0.2, 0.25) is 0 Å². The summed E-state index contributed by atoms with van der Waals surface area (Å²) in [5, 5.41) is 0. The van der Waals surface area contributed by atoms with Crippen molar-refractivity contribution in [2.24, 2.45) is 0 Å². The van der Waals surface area contributed by atoms with Crippen LogP contribution in [0.5, 0.6) is 0 Å². The Bertz CT molecular complexity index is 392. The van der Waals surface area contributed by atoms with E-state index in [1.807, 2.05) is 12.2 Å². The molecule has 0 bridgehead atoms. The number of likely N-dealkylation sites (N-methyl/N-ethyl adjacent to an activating group) is 1. The molecular weight excluding hydrogens is 282 g/mol. The predicted octanol–water partition coefficient (Wildman–Crippen LogP) is 4.24. The molecule has 0 saturated carbocycles. The van der Waals surface area contributed by atoms with Gasteiger partial charge < -0.3 is 0 Å². The Morgan fingerprint density at radius 1 is 1.50 bits per heavy atom. The van der Waals surface area contributed by atoms with Crippen LogP contribution in [0, 0.1) is 0 Å². The topological polar surface area (TPSA) is 3.24 Å². The van der Waals surface area contributed by atoms with E-state index in [2.05, 4.69) is 53.2 Å². The molecule has 1 aromatic heterocycles. The number of rotatable bonds is 6. The molecule has 0 amide bonds. The number of halogens is 1. The molecule has 0 atom stereocenters. The van der Waals surface area contributed by atoms with Gasteiger partial charge in [0, 0.05) is 18.0 Å². The van der Waals surface area contributed by atoms with Crippen molar-refractivity contribution in [3.63, 3.8) is 0 Å². The van der Waals surface area contributed by atoms with Crippen molar-refractivity contribution in [3.8, 4) is 0 Å². The second-order valence-corrected chi connectivity index (χ2v) is 6.11. The summed E-state index contributed by atoms with van der Waals surface area (Å²) < 4.78 is 1.18. The highest BCUT2D eigenvalue weighted by atomic mass is 79.9. The lowest BCUT2D eigenvalue weighted by Gasteiger charge is -2.15. The van der Waals surface area contributed by atoms with E-state index in [1.54, 1.807) is 17.4 Å². The molecule has 0 saturated heterocycles. The van der Waals surface area contributed by atoms with Crippen LogP contribution in [0.4, 0.5) is 0 Å². The summed E-state index contributed by atoms with van der Waals surface area (Å²) in [5.74, 6) is 0. The highest BCUT2D eigenvalue weighted by molar-refractivity contribution is 9.11. The van der Waals surface area contributed by atoms with Gasteiger partial charge in [-0.25, -0.2) is 0 Å². The van der Waals surface area contributed by atoms with Gasteiger partial charge in [-0.15, -0.1) is 11.3 Å². The molecular formula is C13H16BrNS. The minimum absolute atomic E-state index is 0.894. The van der Waals surface area contributed by atoms with E-state index in [4.69, 9.17) is 0 Å². The zero-order valence-corrected chi connectivity index (χ0v) is 11.9. The fraction of sp³-hybridized carbons (Fsp3) is 0.231. The van der Waals surface area contributed by atoms with Gasteiger partial charge in [-0.05, 0) is 40.7 Å². The zero-order valence-electron chi connectivity index (χ0n) is 9.45. The van der Waals surface area contributed by atoms with E-state index in [0.717, 1.165) is 13.1 Å². The minimum atomic E-state index is 0.894. The van der Waals surface area contributed by atoms with Gasteiger partial charge in [0.25, 0.3) is 0 Å². The largest absolute Gasteiger partial charge is 0.297 e. The van der Waals surface area contributed by atoms with Crippen LogP contribution in [0.3, 0.4) is 0 Å². The number of allylic oxidation sites excluding steroid dienone is 2. The second-order valence-electron chi connectivity index (χ2n) is 3.56. The molecule has 0 fully saturated rings. The van der Waals surface area contributed by atoms with Crippen LogP contribution >= 0.6 is 27.3 Å². The Kier molecular flexibility index (Phi) is 5.74. The molecule has 0 unspecified atom stereocenters. The molecule has 0 aromatic carbocycles. The van der Waals surface area contributed by atoms with E-state index in [0.29, 0.717) is 0 Å². The van der Waals surface area contributed by atoms with Gasteiger partial charge in [0.15, 0.2) is 0 Å². The van der Waals surface area contributed by atoms with Gasteiger partial charge in [-0.2, -0.15) is 0 Å². The van der Waals surface area contributed by atoms with Crippen molar-refractivity contribution < 1.29 is 0 Å². The van der Waals surface area contributed by atoms with E-state index in [1.165, 1.54) is 14.2 Å². The van der Waals surface area contributed by atoms with Gasteiger partial charge in [0.05, 0.1) is 3.79 Å². The smallest absolute Gasteiger partial charge is 0.0701 e. The van der Waals surface area contributed by atoms with Crippen molar-refractivity contribution in [2.45, 2.75) is 6.54 Å². The monoisotopic (exact) mass is 297 g/mol. The summed E-state index contributed by atoms with van der Waals surface area (Å²) >= 11 is 5.24. The standard InChI is InChI=1S/C13H16BrNS/c1-4-6-11(5-2)9-15(3)10-12-7-8-13(14)16-12/h4-8H,1-2,9-10H2,3H3/b11-6+. The summed E-state index contributed by atoms with van der Waals surface area (Å²) in [4.78, 5) is 3.62. The van der Waals surface area contributed by atoms with E-state index in [-0.39, 0.29) is 0 Å². The third-order valence-electron chi connectivity index (χ3n) is 2.10. The first kappa shape index (κ1) is 13.4. The first-order chi connectivity index (χ1) is 7.65. The maximum Gasteiger partial charge on any atom is 0.0701 e. The molecule has 0 aliphatic heterocycles. The Morgan fingerprint density at radius 2 is 2.25 bits per heavy atom. The first-order valence-corrected chi connectivity index (χ1v) is 6.63. The summed E-state index contributed by atoms with van der Waals surface area (Å²) in [6, 6.07) is 4.23. The molecule has 0 aliphatic carbocycles. The second kappa shape index (κ2) is 6.84. The molecule has 1 rings (SSSR count). The van der Waals surface area contributed by atoms with Crippen molar-refractivity contribution in [3.05, 3.63) is 57.8 Å². The van der Waals surface area contributed by atoms with Crippen molar-refractivity contribution in [1.82, 2.24) is 4.90 Å². The van der Waals surface area contributed by atoms with Crippen molar-refractivity contribution >= 4 is 27.3 Å². The molecule has 16 heavy (non-hydrogen) atoms. The lowest BCUT2D eigenvalue weighted by molar-refractivity contribution is 0.361. The van der Waals surface area contributed by atoms with Gasteiger partial charge in [-0.3, -0.25) is 4.90 Å². The van der Waals surface area contributed by atoms with Crippen LogP contribution in [0.15, 0.2) is 52.9 Å². The highest BCUT2D eigenvalue weighted by Gasteiger charge is 2.03. The normalized spacial score (nSPS) is 11.8. The predicted molar refractivity (Wildman–Crippen MR) is 76.8 cm³/mol. The summed E-state index contributed by atoms with van der Waals surface area (Å²) in [6.07, 6.45) is 5.67. The Hall–Kier alpha value is -0.640. The SMILES string of the molecule is C=C/C=C(\C=C)CN(C)Cc1ccc(Br)s1. The number of hydrogen-bond acceptors (Lipinski definition) is 2. The summed E-state index contributed by atoms with van der Waals surface area (Å²) in [5.41, 5.74) is 1.19. The van der Waals surface area contributed by atoms with Crippen LogP contribution in [-0.4, -0.2) is 18.5 Å². The maximum absolute atomic E-state index is 3.80. The van der Waals surface area contributed by atoms with Crippen LogP contribution in [-0.2, 0) is 6.54 Å². The Balaban J connectivity index is 2.52. The van der Waals surface area contributed by atoms with Crippen molar-refractivity contribution in [2.75, 3.05) is 13.6 Å². The molecule has 3 heteroatoms. The fourth-order valence-corrected chi connectivity index (χ4v) is 2.97. The van der Waals surface area contributed by atoms with Gasteiger partial charge in [-0.1, -0.05) is 31.4 Å². The van der Waals surface area contributed by atoms with Gasteiger partial charge in [0.2, 0.25) is 0 Å². The average molecular weight is 298 g/mol. The van der Waals surface area contributed by atoms with Gasteiger partial charge >= 0.3 is 0 Å².